The smallest absolute Gasteiger partial charge is 0.209 e. The maximum atomic E-state index is 14.7. The lowest BCUT2D eigenvalue weighted by atomic mass is 9.81. The molecular formula is C22H20FN3O. The highest BCUT2D eigenvalue weighted by Gasteiger charge is 2.34. The van der Waals surface area contributed by atoms with Crippen LogP contribution in [-0.2, 0) is 23.2 Å². The molecule has 1 fully saturated rings. The normalized spacial score (nSPS) is 20.9. The van der Waals surface area contributed by atoms with Gasteiger partial charge in [-0.2, -0.15) is 0 Å². The molecule has 5 heteroatoms. The first kappa shape index (κ1) is 17.4. The number of hydrogen-bond acceptors (Lipinski definition) is 4. The number of rotatable bonds is 3. The van der Waals surface area contributed by atoms with E-state index >= 15 is 0 Å². The van der Waals surface area contributed by atoms with Gasteiger partial charge in [0, 0.05) is 42.3 Å². The van der Waals surface area contributed by atoms with Crippen LogP contribution in [0.2, 0.25) is 0 Å². The van der Waals surface area contributed by atoms with Gasteiger partial charge in [-0.1, -0.05) is 12.0 Å². The van der Waals surface area contributed by atoms with Crippen LogP contribution in [0, 0.1) is 23.6 Å². The number of benzene rings is 1. The Morgan fingerprint density at radius 3 is 2.96 bits per heavy atom. The Morgan fingerprint density at radius 2 is 2.19 bits per heavy atom. The van der Waals surface area contributed by atoms with Crippen LogP contribution in [0.3, 0.4) is 0 Å². The first-order valence-corrected chi connectivity index (χ1v) is 9.06. The predicted molar refractivity (Wildman–Crippen MR) is 102 cm³/mol. The van der Waals surface area contributed by atoms with E-state index in [1.807, 2.05) is 13.0 Å². The van der Waals surface area contributed by atoms with Crippen LogP contribution < -0.4 is 5.73 Å². The second-order valence-electron chi connectivity index (χ2n) is 7.44. The molecule has 1 saturated carbocycles. The number of halogens is 1. The van der Waals surface area contributed by atoms with E-state index in [2.05, 4.69) is 21.8 Å². The van der Waals surface area contributed by atoms with Crippen LogP contribution in [0.5, 0.6) is 0 Å². The van der Waals surface area contributed by atoms with Crippen molar-refractivity contribution in [3.8, 4) is 11.8 Å². The van der Waals surface area contributed by atoms with Crippen LogP contribution >= 0.6 is 0 Å². The molecule has 1 aromatic heterocycles. The Morgan fingerprint density at radius 1 is 1.37 bits per heavy atom. The number of pyridine rings is 1. The molecule has 0 saturated heterocycles. The minimum Gasteiger partial charge on any atom is -0.383 e. The first-order valence-electron chi connectivity index (χ1n) is 9.06. The number of hydrogen-bond donors (Lipinski definition) is 1. The molecule has 136 valence electrons. The van der Waals surface area contributed by atoms with Crippen molar-refractivity contribution in [2.45, 2.75) is 38.1 Å². The molecule has 1 atom stereocenters. The molecule has 4 nitrogen and oxygen atoms in total. The minimum absolute atomic E-state index is 0.147. The number of nitrogens with zero attached hydrogens (tertiary/aromatic N) is 2. The van der Waals surface area contributed by atoms with Gasteiger partial charge in [0.15, 0.2) is 0 Å². The van der Waals surface area contributed by atoms with Crippen molar-refractivity contribution < 1.29 is 9.18 Å². The Kier molecular flexibility index (Phi) is 4.27. The SMILES string of the molecule is CC1(c2cc(CC(=O)C#CC3CC3)ccc2F)Cc2cnccc2C(N)=N1. The molecule has 2 aromatic rings. The van der Waals surface area contributed by atoms with E-state index in [0.29, 0.717) is 23.7 Å². The fraction of sp³-hybridized carbons (Fsp3) is 0.318. The second kappa shape index (κ2) is 6.62. The predicted octanol–water partition coefficient (Wildman–Crippen LogP) is 2.92. The van der Waals surface area contributed by atoms with E-state index in [-0.39, 0.29) is 18.0 Å². The summed E-state index contributed by atoms with van der Waals surface area (Å²) in [4.78, 5) is 20.8. The maximum Gasteiger partial charge on any atom is 0.209 e. The molecule has 1 aromatic carbocycles. The molecule has 4 rings (SSSR count). The van der Waals surface area contributed by atoms with Crippen LogP contribution in [0.4, 0.5) is 4.39 Å². The van der Waals surface area contributed by atoms with E-state index in [1.165, 1.54) is 6.07 Å². The Labute approximate surface area is 157 Å². The van der Waals surface area contributed by atoms with E-state index in [4.69, 9.17) is 5.73 Å². The summed E-state index contributed by atoms with van der Waals surface area (Å²) in [6.07, 6.45) is 6.23. The number of nitrogens with two attached hydrogens (primary N) is 1. The molecule has 2 heterocycles. The van der Waals surface area contributed by atoms with E-state index < -0.39 is 5.54 Å². The van der Waals surface area contributed by atoms with Gasteiger partial charge in [0.25, 0.3) is 0 Å². The highest BCUT2D eigenvalue weighted by Crippen LogP contribution is 2.36. The largest absolute Gasteiger partial charge is 0.383 e. The van der Waals surface area contributed by atoms with Gasteiger partial charge >= 0.3 is 0 Å². The summed E-state index contributed by atoms with van der Waals surface area (Å²) in [5, 5.41) is 0. The number of aliphatic imine (C=N–C) groups is 1. The lowest BCUT2D eigenvalue weighted by molar-refractivity contribution is -0.113. The third kappa shape index (κ3) is 3.61. The molecule has 0 spiro atoms. The van der Waals surface area contributed by atoms with Gasteiger partial charge in [-0.3, -0.25) is 14.8 Å². The third-order valence-corrected chi connectivity index (χ3v) is 5.05. The van der Waals surface area contributed by atoms with Gasteiger partial charge < -0.3 is 5.73 Å². The third-order valence-electron chi connectivity index (χ3n) is 5.05. The number of aromatic nitrogens is 1. The molecule has 1 aliphatic heterocycles. The van der Waals surface area contributed by atoms with Gasteiger partial charge in [0.2, 0.25) is 5.78 Å². The molecule has 1 unspecified atom stereocenters. The van der Waals surface area contributed by atoms with Crippen LogP contribution in [0.15, 0.2) is 41.7 Å². The van der Waals surface area contributed by atoms with Crippen molar-refractivity contribution >= 4 is 11.6 Å². The summed E-state index contributed by atoms with van der Waals surface area (Å²) in [5.41, 5.74) is 8.22. The molecular weight excluding hydrogens is 341 g/mol. The molecule has 27 heavy (non-hydrogen) atoms. The zero-order valence-electron chi connectivity index (χ0n) is 15.1. The van der Waals surface area contributed by atoms with Gasteiger partial charge in [0.1, 0.15) is 11.7 Å². The van der Waals surface area contributed by atoms with Gasteiger partial charge in [-0.25, -0.2) is 4.39 Å². The number of fused-ring (bicyclic) bond motifs is 1. The fourth-order valence-electron chi connectivity index (χ4n) is 3.44. The average Bonchev–Trinajstić information content (AvgIpc) is 3.46. The monoisotopic (exact) mass is 361 g/mol. The first-order chi connectivity index (χ1) is 12.9. The van der Waals surface area contributed by atoms with Crippen molar-refractivity contribution in [1.82, 2.24) is 4.98 Å². The zero-order valence-corrected chi connectivity index (χ0v) is 15.1. The Balaban J connectivity index is 1.64. The standard InChI is InChI=1S/C22H20FN3O/c1-22(12-16-13-25-9-8-18(16)21(24)26-22)19-11-15(5-7-20(19)23)10-17(27)6-4-14-2-3-14/h5,7-9,11,13-14H,2-3,10,12H2,1H3,(H2,24,26). The molecule has 2 N–H and O–H groups in total. The molecule has 0 amide bonds. The number of amidine groups is 1. The minimum atomic E-state index is -0.844. The quantitative estimate of drug-likeness (QED) is 0.675. The molecule has 1 aliphatic carbocycles. The summed E-state index contributed by atoms with van der Waals surface area (Å²) in [7, 11) is 0. The van der Waals surface area contributed by atoms with Gasteiger partial charge in [-0.15, -0.1) is 0 Å². The van der Waals surface area contributed by atoms with Crippen molar-refractivity contribution in [2.75, 3.05) is 0 Å². The molecule has 0 bridgehead atoms. The van der Waals surface area contributed by atoms with Gasteiger partial charge in [-0.05, 0) is 55.0 Å². The summed E-state index contributed by atoms with van der Waals surface area (Å²) in [5.74, 6) is 5.91. The Hall–Kier alpha value is -3.00. The summed E-state index contributed by atoms with van der Waals surface area (Å²) in [6, 6.07) is 6.55. The number of Topliss-reactive ketones (excluding diaryl/α,β-unsaturated/α-hetero) is 1. The molecule has 2 aliphatic rings. The number of carbonyl (C=O) groups is 1. The zero-order chi connectivity index (χ0) is 19.0. The van der Waals surface area contributed by atoms with Gasteiger partial charge in [0.05, 0.1) is 5.54 Å². The van der Waals surface area contributed by atoms with Crippen molar-refractivity contribution in [3.05, 3.63) is 64.7 Å². The highest BCUT2D eigenvalue weighted by molar-refractivity contribution is 6.00. The Bertz CT molecular complexity index is 1010. The summed E-state index contributed by atoms with van der Waals surface area (Å²) >= 11 is 0. The van der Waals surface area contributed by atoms with Crippen LogP contribution in [0.1, 0.15) is 42.0 Å². The topological polar surface area (TPSA) is 68.3 Å². The summed E-state index contributed by atoms with van der Waals surface area (Å²) < 4.78 is 14.7. The van der Waals surface area contributed by atoms with Crippen molar-refractivity contribution in [3.63, 3.8) is 0 Å². The summed E-state index contributed by atoms with van der Waals surface area (Å²) in [6.45, 7) is 1.85. The maximum absolute atomic E-state index is 14.7. The van der Waals surface area contributed by atoms with Crippen molar-refractivity contribution in [1.29, 1.82) is 0 Å². The van der Waals surface area contributed by atoms with E-state index in [9.17, 15) is 9.18 Å². The van der Waals surface area contributed by atoms with Crippen LogP contribution in [-0.4, -0.2) is 16.6 Å². The molecule has 0 radical (unpaired) electrons. The number of carbonyl (C=O) groups excluding carboxylic acids is 1. The lowest BCUT2D eigenvalue weighted by Crippen LogP contribution is -2.34. The van der Waals surface area contributed by atoms with E-state index in [1.54, 1.807) is 24.5 Å². The van der Waals surface area contributed by atoms with Crippen molar-refractivity contribution in [2.24, 2.45) is 16.6 Å². The lowest BCUT2D eigenvalue weighted by Gasteiger charge is -2.32. The fourth-order valence-corrected chi connectivity index (χ4v) is 3.44. The van der Waals surface area contributed by atoms with Crippen LogP contribution in [0.25, 0.3) is 0 Å². The number of ketones is 1. The average molecular weight is 361 g/mol. The highest BCUT2D eigenvalue weighted by atomic mass is 19.1. The second-order valence-corrected chi connectivity index (χ2v) is 7.44. The van der Waals surface area contributed by atoms with E-state index in [0.717, 1.165) is 29.5 Å².